The van der Waals surface area contributed by atoms with Gasteiger partial charge in [-0.15, -0.1) is 0 Å². The van der Waals surface area contributed by atoms with E-state index < -0.39 is 5.97 Å². The molecule has 110 valence electrons. The standard InChI is InChI=1S/C15H17N3O3/c1-11(8-9-16)18(2)15(21)17-13-5-3-4-12(10-13)6-7-14(19)20/h3-7,10-11H,8H2,1-2H3,(H,17,21)(H,19,20)/b7-6+. The lowest BCUT2D eigenvalue weighted by Gasteiger charge is -2.23. The molecule has 0 spiro atoms. The number of carbonyl (C=O) groups is 2. The molecule has 1 atom stereocenters. The molecule has 0 radical (unpaired) electrons. The van der Waals surface area contributed by atoms with Crippen LogP contribution in [0.1, 0.15) is 18.9 Å². The Labute approximate surface area is 123 Å². The molecule has 0 fully saturated rings. The average Bonchev–Trinajstić information content (AvgIpc) is 2.45. The third-order valence-electron chi connectivity index (χ3n) is 2.92. The molecule has 0 bridgehead atoms. The van der Waals surface area contributed by atoms with Crippen molar-refractivity contribution in [3.63, 3.8) is 0 Å². The molecule has 0 aliphatic heterocycles. The lowest BCUT2D eigenvalue weighted by atomic mass is 10.2. The zero-order valence-corrected chi connectivity index (χ0v) is 11.9. The summed E-state index contributed by atoms with van der Waals surface area (Å²) in [7, 11) is 1.62. The largest absolute Gasteiger partial charge is 0.478 e. The molecule has 1 aromatic rings. The van der Waals surface area contributed by atoms with Crippen molar-refractivity contribution >= 4 is 23.8 Å². The maximum absolute atomic E-state index is 12.0. The number of nitrogens with zero attached hydrogens (tertiary/aromatic N) is 2. The van der Waals surface area contributed by atoms with Gasteiger partial charge in [-0.05, 0) is 30.7 Å². The number of hydrogen-bond acceptors (Lipinski definition) is 3. The summed E-state index contributed by atoms with van der Waals surface area (Å²) in [6.45, 7) is 1.79. The number of benzene rings is 1. The number of rotatable bonds is 5. The number of nitriles is 1. The van der Waals surface area contributed by atoms with Crippen LogP contribution in [-0.2, 0) is 4.79 Å². The average molecular weight is 287 g/mol. The van der Waals surface area contributed by atoms with Crippen molar-refractivity contribution in [1.29, 1.82) is 5.26 Å². The van der Waals surface area contributed by atoms with E-state index in [9.17, 15) is 9.59 Å². The number of carboxylic acids is 1. The molecule has 1 rings (SSSR count). The van der Waals surface area contributed by atoms with Gasteiger partial charge in [0, 0.05) is 24.9 Å². The van der Waals surface area contributed by atoms with Crippen molar-refractivity contribution in [2.45, 2.75) is 19.4 Å². The summed E-state index contributed by atoms with van der Waals surface area (Å²) in [5.74, 6) is -1.03. The summed E-state index contributed by atoms with van der Waals surface area (Å²) in [5.41, 5.74) is 1.23. The van der Waals surface area contributed by atoms with Crippen LogP contribution in [0.25, 0.3) is 6.08 Å². The summed E-state index contributed by atoms with van der Waals surface area (Å²) in [4.78, 5) is 23.9. The third kappa shape index (κ3) is 5.37. The Morgan fingerprint density at radius 2 is 2.24 bits per heavy atom. The molecule has 1 unspecified atom stereocenters. The molecule has 0 aliphatic rings. The molecule has 0 saturated carbocycles. The first kappa shape index (κ1) is 16.2. The monoisotopic (exact) mass is 287 g/mol. The van der Waals surface area contributed by atoms with Crippen molar-refractivity contribution in [1.82, 2.24) is 4.90 Å². The minimum absolute atomic E-state index is 0.190. The van der Waals surface area contributed by atoms with E-state index in [1.165, 1.54) is 11.0 Å². The van der Waals surface area contributed by atoms with Crippen LogP contribution in [0.3, 0.4) is 0 Å². The Bertz CT molecular complexity index is 590. The number of aliphatic carboxylic acids is 1. The first-order chi connectivity index (χ1) is 9.93. The molecule has 0 saturated heterocycles. The van der Waals surface area contributed by atoms with E-state index >= 15 is 0 Å². The highest BCUT2D eigenvalue weighted by Gasteiger charge is 2.15. The predicted molar refractivity (Wildman–Crippen MR) is 79.6 cm³/mol. The number of amides is 2. The lowest BCUT2D eigenvalue weighted by molar-refractivity contribution is -0.131. The van der Waals surface area contributed by atoms with Gasteiger partial charge in [0.1, 0.15) is 0 Å². The Morgan fingerprint density at radius 1 is 1.52 bits per heavy atom. The van der Waals surface area contributed by atoms with Crippen LogP contribution >= 0.6 is 0 Å². The van der Waals surface area contributed by atoms with Crippen LogP contribution < -0.4 is 5.32 Å². The van der Waals surface area contributed by atoms with Gasteiger partial charge in [0.15, 0.2) is 0 Å². The van der Waals surface area contributed by atoms with Crippen molar-refractivity contribution < 1.29 is 14.7 Å². The Balaban J connectivity index is 2.75. The minimum Gasteiger partial charge on any atom is -0.478 e. The van der Waals surface area contributed by atoms with Gasteiger partial charge in [-0.3, -0.25) is 0 Å². The molecule has 6 heteroatoms. The number of urea groups is 1. The van der Waals surface area contributed by atoms with E-state index in [0.29, 0.717) is 11.3 Å². The number of carbonyl (C=O) groups excluding carboxylic acids is 1. The second-order valence-electron chi connectivity index (χ2n) is 4.55. The fourth-order valence-electron chi connectivity index (χ4n) is 1.57. The zero-order valence-electron chi connectivity index (χ0n) is 11.9. The predicted octanol–water partition coefficient (Wildman–Crippen LogP) is 2.55. The fraction of sp³-hybridized carbons (Fsp3) is 0.267. The second kappa shape index (κ2) is 7.70. The highest BCUT2D eigenvalue weighted by molar-refractivity contribution is 5.90. The van der Waals surface area contributed by atoms with Crippen LogP contribution in [0.5, 0.6) is 0 Å². The second-order valence-corrected chi connectivity index (χ2v) is 4.55. The molecule has 21 heavy (non-hydrogen) atoms. The maximum atomic E-state index is 12.0. The molecule has 0 aromatic heterocycles. The van der Waals surface area contributed by atoms with Crippen LogP contribution in [0.2, 0.25) is 0 Å². The van der Waals surface area contributed by atoms with Gasteiger partial charge in [0.25, 0.3) is 0 Å². The van der Waals surface area contributed by atoms with Gasteiger partial charge in [-0.25, -0.2) is 9.59 Å². The van der Waals surface area contributed by atoms with Gasteiger partial charge in [-0.1, -0.05) is 12.1 Å². The molecule has 0 heterocycles. The van der Waals surface area contributed by atoms with Gasteiger partial charge in [-0.2, -0.15) is 5.26 Å². The van der Waals surface area contributed by atoms with Crippen molar-refractivity contribution in [3.8, 4) is 6.07 Å². The quantitative estimate of drug-likeness (QED) is 0.814. The minimum atomic E-state index is -1.03. The number of hydrogen-bond donors (Lipinski definition) is 2. The number of anilines is 1. The zero-order chi connectivity index (χ0) is 15.8. The number of carboxylic acid groups (broad SMARTS) is 1. The van der Waals surface area contributed by atoms with Gasteiger partial charge in [0.05, 0.1) is 12.5 Å². The van der Waals surface area contributed by atoms with E-state index in [1.807, 2.05) is 6.07 Å². The van der Waals surface area contributed by atoms with Crippen molar-refractivity contribution in [2.75, 3.05) is 12.4 Å². The highest BCUT2D eigenvalue weighted by Crippen LogP contribution is 2.13. The molecular weight excluding hydrogens is 270 g/mol. The molecule has 0 aliphatic carbocycles. The summed E-state index contributed by atoms with van der Waals surface area (Å²) in [6.07, 6.45) is 2.73. The van der Waals surface area contributed by atoms with Crippen molar-refractivity contribution in [2.24, 2.45) is 0 Å². The summed E-state index contributed by atoms with van der Waals surface area (Å²) >= 11 is 0. The first-order valence-electron chi connectivity index (χ1n) is 6.36. The molecule has 2 amide bonds. The molecule has 1 aromatic carbocycles. The summed E-state index contributed by atoms with van der Waals surface area (Å²) < 4.78 is 0. The van der Waals surface area contributed by atoms with Crippen LogP contribution in [-0.4, -0.2) is 35.1 Å². The van der Waals surface area contributed by atoms with E-state index in [-0.39, 0.29) is 18.5 Å². The Morgan fingerprint density at radius 3 is 2.86 bits per heavy atom. The Hall–Kier alpha value is -2.81. The SMILES string of the molecule is CC(CC#N)N(C)C(=O)Nc1cccc(/C=C/C(=O)O)c1. The van der Waals surface area contributed by atoms with E-state index in [2.05, 4.69) is 5.32 Å². The smallest absolute Gasteiger partial charge is 0.328 e. The molecule has 2 N–H and O–H groups in total. The maximum Gasteiger partial charge on any atom is 0.328 e. The molecule has 6 nitrogen and oxygen atoms in total. The van der Waals surface area contributed by atoms with E-state index in [1.54, 1.807) is 38.2 Å². The van der Waals surface area contributed by atoms with E-state index in [4.69, 9.17) is 10.4 Å². The third-order valence-corrected chi connectivity index (χ3v) is 2.92. The van der Waals surface area contributed by atoms with Gasteiger partial charge < -0.3 is 15.3 Å². The van der Waals surface area contributed by atoms with Gasteiger partial charge in [0.2, 0.25) is 0 Å². The fourth-order valence-corrected chi connectivity index (χ4v) is 1.57. The normalized spacial score (nSPS) is 11.7. The van der Waals surface area contributed by atoms with Crippen LogP contribution in [0.4, 0.5) is 10.5 Å². The lowest BCUT2D eigenvalue weighted by Crippen LogP contribution is -2.38. The van der Waals surface area contributed by atoms with Gasteiger partial charge >= 0.3 is 12.0 Å². The van der Waals surface area contributed by atoms with Crippen molar-refractivity contribution in [3.05, 3.63) is 35.9 Å². The summed E-state index contributed by atoms with van der Waals surface area (Å²) in [5, 5.41) is 19.9. The number of nitrogens with one attached hydrogen (secondary N) is 1. The molecular formula is C15H17N3O3. The summed E-state index contributed by atoms with van der Waals surface area (Å²) in [6, 6.07) is 8.33. The Kier molecular flexibility index (Phi) is 5.96. The topological polar surface area (TPSA) is 93.4 Å². The highest BCUT2D eigenvalue weighted by atomic mass is 16.4. The first-order valence-corrected chi connectivity index (χ1v) is 6.36. The van der Waals surface area contributed by atoms with Crippen LogP contribution in [0, 0.1) is 11.3 Å². The van der Waals surface area contributed by atoms with Crippen LogP contribution in [0.15, 0.2) is 30.3 Å². The van der Waals surface area contributed by atoms with E-state index in [0.717, 1.165) is 6.08 Å².